The van der Waals surface area contributed by atoms with Crippen LogP contribution in [0.4, 0.5) is 4.39 Å². The van der Waals surface area contributed by atoms with E-state index in [4.69, 9.17) is 4.74 Å². The molecule has 0 saturated carbocycles. The molecule has 2 nitrogen and oxygen atoms in total. The smallest absolute Gasteiger partial charge is 0.119 e. The number of hydrogen-bond acceptors (Lipinski definition) is 2. The summed E-state index contributed by atoms with van der Waals surface area (Å²) < 4.78 is 19.4. The Morgan fingerprint density at radius 2 is 1.31 bits per heavy atom. The fourth-order valence-electron chi connectivity index (χ4n) is 3.33. The van der Waals surface area contributed by atoms with Crippen LogP contribution in [0, 0.1) is 0 Å². The molecule has 0 bridgehead atoms. The molecule has 3 aromatic rings. The predicted octanol–water partition coefficient (Wildman–Crippen LogP) is 5.95. The molecular weight excluding hydrogens is 361 g/mol. The molecule has 0 unspecified atom stereocenters. The number of hydrogen-bond donors (Lipinski definition) is 0. The van der Waals surface area contributed by atoms with Gasteiger partial charge < -0.3 is 9.64 Å². The van der Waals surface area contributed by atoms with E-state index < -0.39 is 6.67 Å². The number of rotatable bonds is 9. The second kappa shape index (κ2) is 10.6. The molecule has 0 aliphatic rings. The molecule has 0 spiro atoms. The van der Waals surface area contributed by atoms with Crippen molar-refractivity contribution >= 4 is 11.1 Å². The monoisotopic (exact) mass is 389 g/mol. The first-order valence-corrected chi connectivity index (χ1v) is 9.97. The Labute approximate surface area is 173 Å². The Hall–Kier alpha value is -2.91. The number of alkyl halides is 1. The first-order chi connectivity index (χ1) is 14.2. The van der Waals surface area contributed by atoms with Gasteiger partial charge in [-0.3, -0.25) is 4.39 Å². The maximum atomic E-state index is 13.5. The molecule has 0 amide bonds. The van der Waals surface area contributed by atoms with Crippen LogP contribution in [-0.2, 0) is 0 Å². The lowest BCUT2D eigenvalue weighted by molar-refractivity contribution is 0.261. The predicted molar refractivity (Wildman–Crippen MR) is 120 cm³/mol. The molecule has 0 saturated heterocycles. The van der Waals surface area contributed by atoms with Crippen molar-refractivity contribution < 1.29 is 9.13 Å². The van der Waals surface area contributed by atoms with E-state index in [1.54, 1.807) is 0 Å². The lowest BCUT2D eigenvalue weighted by atomic mass is 9.88. The summed E-state index contributed by atoms with van der Waals surface area (Å²) in [6.07, 6.45) is 0.370. The minimum atomic E-state index is -0.397. The molecule has 3 aromatic carbocycles. The molecular formula is C26H28FNO. The van der Waals surface area contributed by atoms with Crippen LogP contribution in [0.2, 0.25) is 0 Å². The SMILES string of the molecule is CN(C)CCOc1ccc(/C(=C(/CCF)c2ccccc2)c2ccccc2)cc1. The summed E-state index contributed by atoms with van der Waals surface area (Å²) in [5, 5.41) is 0. The maximum Gasteiger partial charge on any atom is 0.119 e. The van der Waals surface area contributed by atoms with Gasteiger partial charge in [-0.15, -0.1) is 0 Å². The average Bonchev–Trinajstić information content (AvgIpc) is 2.75. The van der Waals surface area contributed by atoms with Gasteiger partial charge in [0.25, 0.3) is 0 Å². The van der Waals surface area contributed by atoms with Gasteiger partial charge in [0.05, 0.1) is 6.67 Å². The molecule has 3 heteroatoms. The second-order valence-corrected chi connectivity index (χ2v) is 7.20. The third-order valence-corrected chi connectivity index (χ3v) is 4.78. The van der Waals surface area contributed by atoms with Gasteiger partial charge in [0, 0.05) is 13.0 Å². The summed E-state index contributed by atoms with van der Waals surface area (Å²) in [5.74, 6) is 0.842. The van der Waals surface area contributed by atoms with Crippen molar-refractivity contribution in [3.63, 3.8) is 0 Å². The third kappa shape index (κ3) is 5.78. The fourth-order valence-corrected chi connectivity index (χ4v) is 3.33. The van der Waals surface area contributed by atoms with Crippen LogP contribution >= 0.6 is 0 Å². The molecule has 3 rings (SSSR count). The van der Waals surface area contributed by atoms with Gasteiger partial charge in [-0.05, 0) is 54.1 Å². The van der Waals surface area contributed by atoms with Gasteiger partial charge in [-0.2, -0.15) is 0 Å². The number of halogens is 1. The highest BCUT2D eigenvalue weighted by Gasteiger charge is 2.14. The van der Waals surface area contributed by atoms with E-state index >= 15 is 0 Å². The Balaban J connectivity index is 2.02. The van der Waals surface area contributed by atoms with E-state index in [0.717, 1.165) is 40.1 Å². The molecule has 0 fully saturated rings. The van der Waals surface area contributed by atoms with Crippen molar-refractivity contribution in [1.82, 2.24) is 4.90 Å². The number of ether oxygens (including phenoxy) is 1. The summed E-state index contributed by atoms with van der Waals surface area (Å²) in [7, 11) is 4.05. The topological polar surface area (TPSA) is 12.5 Å². The standard InChI is InChI=1S/C26H28FNO/c1-28(2)19-20-29-24-15-13-23(14-16-24)26(22-11-7-4-8-12-22)25(17-18-27)21-9-5-3-6-10-21/h3-16H,17-20H2,1-2H3/b26-25-. The van der Waals surface area contributed by atoms with Crippen LogP contribution in [0.5, 0.6) is 5.75 Å². The Morgan fingerprint density at radius 1 is 0.759 bits per heavy atom. The van der Waals surface area contributed by atoms with Crippen molar-refractivity contribution in [1.29, 1.82) is 0 Å². The normalized spacial score (nSPS) is 12.0. The molecule has 0 aromatic heterocycles. The molecule has 0 atom stereocenters. The van der Waals surface area contributed by atoms with Crippen LogP contribution in [0.25, 0.3) is 11.1 Å². The van der Waals surface area contributed by atoms with Gasteiger partial charge in [-0.25, -0.2) is 0 Å². The Morgan fingerprint density at radius 3 is 1.86 bits per heavy atom. The van der Waals surface area contributed by atoms with Crippen molar-refractivity contribution in [2.75, 3.05) is 33.9 Å². The number of likely N-dealkylation sites (N-methyl/N-ethyl adjacent to an activating group) is 1. The minimum absolute atomic E-state index is 0.370. The zero-order valence-electron chi connectivity index (χ0n) is 17.1. The first-order valence-electron chi connectivity index (χ1n) is 9.97. The number of allylic oxidation sites excluding steroid dienone is 1. The van der Waals surface area contributed by atoms with Gasteiger partial charge in [0.2, 0.25) is 0 Å². The van der Waals surface area contributed by atoms with Crippen LogP contribution in [0.15, 0.2) is 84.9 Å². The van der Waals surface area contributed by atoms with E-state index in [0.29, 0.717) is 13.0 Å². The van der Waals surface area contributed by atoms with Gasteiger partial charge in [0.15, 0.2) is 0 Å². The van der Waals surface area contributed by atoms with Crippen LogP contribution in [-0.4, -0.2) is 38.8 Å². The highest BCUT2D eigenvalue weighted by atomic mass is 19.1. The van der Waals surface area contributed by atoms with Gasteiger partial charge in [-0.1, -0.05) is 72.8 Å². The van der Waals surface area contributed by atoms with Crippen molar-refractivity contribution in [3.8, 4) is 5.75 Å². The van der Waals surface area contributed by atoms with Crippen LogP contribution < -0.4 is 4.74 Å². The Bertz CT molecular complexity index is 902. The zero-order chi connectivity index (χ0) is 20.5. The zero-order valence-corrected chi connectivity index (χ0v) is 17.1. The van der Waals surface area contributed by atoms with Gasteiger partial charge in [0.1, 0.15) is 12.4 Å². The summed E-state index contributed by atoms with van der Waals surface area (Å²) in [6, 6.07) is 28.4. The molecule has 29 heavy (non-hydrogen) atoms. The summed E-state index contributed by atoms with van der Waals surface area (Å²) in [6.45, 7) is 1.11. The van der Waals surface area contributed by atoms with Crippen LogP contribution in [0.3, 0.4) is 0 Å². The van der Waals surface area contributed by atoms with E-state index in [9.17, 15) is 4.39 Å². The number of nitrogens with zero attached hydrogens (tertiary/aromatic N) is 1. The number of benzene rings is 3. The fraction of sp³-hybridized carbons (Fsp3) is 0.231. The summed E-state index contributed by atoms with van der Waals surface area (Å²) in [5.41, 5.74) is 5.27. The third-order valence-electron chi connectivity index (χ3n) is 4.78. The van der Waals surface area contributed by atoms with Crippen molar-refractivity contribution in [3.05, 3.63) is 102 Å². The van der Waals surface area contributed by atoms with E-state index in [1.807, 2.05) is 74.8 Å². The van der Waals surface area contributed by atoms with Crippen molar-refractivity contribution in [2.45, 2.75) is 6.42 Å². The molecule has 0 aliphatic heterocycles. The molecule has 0 heterocycles. The van der Waals surface area contributed by atoms with E-state index in [1.165, 1.54) is 0 Å². The minimum Gasteiger partial charge on any atom is -0.492 e. The molecule has 0 radical (unpaired) electrons. The highest BCUT2D eigenvalue weighted by molar-refractivity contribution is 5.98. The van der Waals surface area contributed by atoms with Crippen LogP contribution in [0.1, 0.15) is 23.1 Å². The first kappa shape index (κ1) is 20.8. The molecule has 0 N–H and O–H groups in total. The molecule has 150 valence electrons. The molecule has 0 aliphatic carbocycles. The summed E-state index contributed by atoms with van der Waals surface area (Å²) >= 11 is 0. The lowest BCUT2D eigenvalue weighted by Crippen LogP contribution is -2.19. The second-order valence-electron chi connectivity index (χ2n) is 7.20. The largest absolute Gasteiger partial charge is 0.492 e. The Kier molecular flexibility index (Phi) is 7.60. The highest BCUT2D eigenvalue weighted by Crippen LogP contribution is 2.35. The van der Waals surface area contributed by atoms with Crippen molar-refractivity contribution in [2.24, 2.45) is 0 Å². The maximum absolute atomic E-state index is 13.5. The van der Waals surface area contributed by atoms with E-state index in [2.05, 4.69) is 29.2 Å². The van der Waals surface area contributed by atoms with Gasteiger partial charge >= 0.3 is 0 Å². The lowest BCUT2D eigenvalue weighted by Gasteiger charge is -2.17. The average molecular weight is 390 g/mol. The quantitative estimate of drug-likeness (QED) is 0.420. The van der Waals surface area contributed by atoms with E-state index in [-0.39, 0.29) is 0 Å². The summed E-state index contributed by atoms with van der Waals surface area (Å²) in [4.78, 5) is 2.09.